The van der Waals surface area contributed by atoms with Crippen molar-refractivity contribution in [1.82, 2.24) is 0 Å². The second-order valence-corrected chi connectivity index (χ2v) is 6.14. The minimum absolute atomic E-state index is 0.382. The van der Waals surface area contributed by atoms with E-state index in [-0.39, 0.29) is 6.10 Å². The van der Waals surface area contributed by atoms with Crippen LogP contribution in [0.2, 0.25) is 0 Å². The number of carboxylic acid groups (broad SMARTS) is 1. The summed E-state index contributed by atoms with van der Waals surface area (Å²) in [7, 11) is 0. The van der Waals surface area contributed by atoms with Gasteiger partial charge in [-0.2, -0.15) is 0 Å². The van der Waals surface area contributed by atoms with Gasteiger partial charge in [0.15, 0.2) is 0 Å². The van der Waals surface area contributed by atoms with Crippen molar-refractivity contribution in [3.8, 4) is 0 Å². The monoisotopic (exact) mass is 303 g/mol. The van der Waals surface area contributed by atoms with Crippen LogP contribution >= 0.6 is 0 Å². The minimum Gasteiger partial charge on any atom is -0.481 e. The SMILES string of the molecule is C=CCC1OCCC1(C(=O)O)c1ccc(C2(N)COC2)cc1. The molecule has 5 nitrogen and oxygen atoms in total. The minimum atomic E-state index is -1.01. The molecule has 0 aliphatic carbocycles. The average molecular weight is 303 g/mol. The summed E-state index contributed by atoms with van der Waals surface area (Å²) in [4.78, 5) is 12.0. The number of carbonyl (C=O) groups is 1. The van der Waals surface area contributed by atoms with Crippen LogP contribution in [-0.2, 0) is 25.2 Å². The molecule has 0 radical (unpaired) electrons. The molecule has 2 fully saturated rings. The first-order valence-corrected chi connectivity index (χ1v) is 7.46. The molecular weight excluding hydrogens is 282 g/mol. The third kappa shape index (κ3) is 2.17. The van der Waals surface area contributed by atoms with E-state index in [0.29, 0.717) is 32.7 Å². The van der Waals surface area contributed by atoms with Crippen molar-refractivity contribution in [3.63, 3.8) is 0 Å². The molecule has 3 N–H and O–H groups in total. The number of carboxylic acids is 1. The fourth-order valence-electron chi connectivity index (χ4n) is 3.37. The van der Waals surface area contributed by atoms with Crippen molar-refractivity contribution in [2.24, 2.45) is 5.73 Å². The zero-order chi connectivity index (χ0) is 15.8. The summed E-state index contributed by atoms with van der Waals surface area (Å²) < 4.78 is 10.8. The molecule has 2 unspecified atom stereocenters. The van der Waals surface area contributed by atoms with E-state index in [2.05, 4.69) is 6.58 Å². The predicted molar refractivity (Wildman–Crippen MR) is 81.6 cm³/mol. The van der Waals surface area contributed by atoms with E-state index in [1.807, 2.05) is 24.3 Å². The number of nitrogens with two attached hydrogens (primary N) is 1. The van der Waals surface area contributed by atoms with Gasteiger partial charge in [0.1, 0.15) is 5.41 Å². The molecule has 5 heteroatoms. The molecule has 22 heavy (non-hydrogen) atoms. The van der Waals surface area contributed by atoms with Crippen LogP contribution in [0.15, 0.2) is 36.9 Å². The van der Waals surface area contributed by atoms with E-state index in [1.54, 1.807) is 6.08 Å². The van der Waals surface area contributed by atoms with Crippen LogP contribution in [-0.4, -0.2) is 37.0 Å². The molecule has 2 saturated heterocycles. The van der Waals surface area contributed by atoms with Crippen molar-refractivity contribution in [3.05, 3.63) is 48.0 Å². The van der Waals surface area contributed by atoms with Gasteiger partial charge < -0.3 is 20.3 Å². The van der Waals surface area contributed by atoms with Gasteiger partial charge in [0, 0.05) is 6.61 Å². The van der Waals surface area contributed by atoms with Gasteiger partial charge in [-0.3, -0.25) is 4.79 Å². The van der Waals surface area contributed by atoms with Crippen LogP contribution in [0.25, 0.3) is 0 Å². The van der Waals surface area contributed by atoms with Gasteiger partial charge in [0.2, 0.25) is 0 Å². The van der Waals surface area contributed by atoms with E-state index in [1.165, 1.54) is 0 Å². The van der Waals surface area contributed by atoms with Crippen molar-refractivity contribution in [2.45, 2.75) is 29.9 Å². The lowest BCUT2D eigenvalue weighted by molar-refractivity contribution is -0.146. The molecule has 2 heterocycles. The highest BCUT2D eigenvalue weighted by atomic mass is 16.5. The summed E-state index contributed by atoms with van der Waals surface area (Å²) in [6, 6.07) is 7.54. The summed E-state index contributed by atoms with van der Waals surface area (Å²) in [5.41, 5.74) is 6.50. The molecule has 0 bridgehead atoms. The Hall–Kier alpha value is -1.69. The summed E-state index contributed by atoms with van der Waals surface area (Å²) in [5, 5.41) is 9.84. The Morgan fingerprint density at radius 2 is 2.00 bits per heavy atom. The number of hydrogen-bond acceptors (Lipinski definition) is 4. The predicted octanol–water partition coefficient (Wildman–Crippen LogP) is 1.56. The van der Waals surface area contributed by atoms with Crippen LogP contribution in [0.1, 0.15) is 24.0 Å². The number of benzene rings is 1. The Morgan fingerprint density at radius 3 is 2.50 bits per heavy atom. The van der Waals surface area contributed by atoms with Crippen molar-refractivity contribution in [2.75, 3.05) is 19.8 Å². The normalized spacial score (nSPS) is 29.8. The zero-order valence-corrected chi connectivity index (χ0v) is 12.5. The highest BCUT2D eigenvalue weighted by molar-refractivity contribution is 5.83. The van der Waals surface area contributed by atoms with E-state index in [9.17, 15) is 9.90 Å². The lowest BCUT2D eigenvalue weighted by Gasteiger charge is -2.38. The number of aliphatic carboxylic acids is 1. The molecule has 2 aliphatic rings. The number of rotatable bonds is 5. The maximum Gasteiger partial charge on any atom is 0.316 e. The van der Waals surface area contributed by atoms with Gasteiger partial charge in [0.25, 0.3) is 0 Å². The quantitative estimate of drug-likeness (QED) is 0.807. The molecule has 1 aromatic rings. The Morgan fingerprint density at radius 1 is 1.36 bits per heavy atom. The van der Waals surface area contributed by atoms with Crippen LogP contribution in [0.4, 0.5) is 0 Å². The van der Waals surface area contributed by atoms with Gasteiger partial charge in [-0.1, -0.05) is 30.3 Å². The topological polar surface area (TPSA) is 81.8 Å². The van der Waals surface area contributed by atoms with E-state index in [4.69, 9.17) is 15.2 Å². The molecule has 0 saturated carbocycles. The Kier molecular flexibility index (Phi) is 3.80. The average Bonchev–Trinajstić information content (AvgIpc) is 2.90. The van der Waals surface area contributed by atoms with Gasteiger partial charge >= 0.3 is 5.97 Å². The first-order chi connectivity index (χ1) is 10.5. The van der Waals surface area contributed by atoms with Crippen molar-refractivity contribution in [1.29, 1.82) is 0 Å². The van der Waals surface area contributed by atoms with Crippen LogP contribution < -0.4 is 5.73 Å². The van der Waals surface area contributed by atoms with Gasteiger partial charge in [0.05, 0.1) is 24.9 Å². The first kappa shape index (κ1) is 15.2. The largest absolute Gasteiger partial charge is 0.481 e. The van der Waals surface area contributed by atoms with Crippen molar-refractivity contribution >= 4 is 5.97 Å². The summed E-state index contributed by atoms with van der Waals surface area (Å²) in [6.45, 7) is 5.15. The number of ether oxygens (including phenoxy) is 2. The number of hydrogen-bond donors (Lipinski definition) is 2. The van der Waals surface area contributed by atoms with Gasteiger partial charge in [-0.05, 0) is 24.0 Å². The molecular formula is C17H21NO4. The fraction of sp³-hybridized carbons (Fsp3) is 0.471. The summed E-state index contributed by atoms with van der Waals surface area (Å²) in [5.74, 6) is -0.848. The van der Waals surface area contributed by atoms with Crippen molar-refractivity contribution < 1.29 is 19.4 Å². The first-order valence-electron chi connectivity index (χ1n) is 7.46. The molecule has 0 aromatic heterocycles. The molecule has 118 valence electrons. The Bertz CT molecular complexity index is 579. The zero-order valence-electron chi connectivity index (χ0n) is 12.5. The summed E-state index contributed by atoms with van der Waals surface area (Å²) in [6.07, 6.45) is 2.31. The lowest BCUT2D eigenvalue weighted by atomic mass is 9.73. The summed E-state index contributed by atoms with van der Waals surface area (Å²) >= 11 is 0. The van der Waals surface area contributed by atoms with Crippen LogP contribution in [0.3, 0.4) is 0 Å². The molecule has 2 aliphatic heterocycles. The highest BCUT2D eigenvalue weighted by Gasteiger charge is 2.51. The van der Waals surface area contributed by atoms with E-state index < -0.39 is 16.9 Å². The molecule has 1 aromatic carbocycles. The smallest absolute Gasteiger partial charge is 0.316 e. The van der Waals surface area contributed by atoms with E-state index >= 15 is 0 Å². The van der Waals surface area contributed by atoms with Gasteiger partial charge in [-0.25, -0.2) is 0 Å². The maximum atomic E-state index is 12.0. The van der Waals surface area contributed by atoms with Crippen LogP contribution in [0, 0.1) is 0 Å². The Labute approximate surface area is 129 Å². The van der Waals surface area contributed by atoms with Gasteiger partial charge in [-0.15, -0.1) is 6.58 Å². The van der Waals surface area contributed by atoms with Crippen LogP contribution in [0.5, 0.6) is 0 Å². The fourth-order valence-corrected chi connectivity index (χ4v) is 3.37. The molecule has 0 spiro atoms. The molecule has 0 amide bonds. The third-order valence-corrected chi connectivity index (χ3v) is 4.82. The van der Waals surface area contributed by atoms with E-state index in [0.717, 1.165) is 11.1 Å². The highest BCUT2D eigenvalue weighted by Crippen LogP contribution is 2.41. The molecule has 2 atom stereocenters. The second kappa shape index (κ2) is 5.50. The standard InChI is InChI=1S/C17H21NO4/c1-2-3-14-17(15(19)20,8-9-22-14)13-6-4-12(5-7-13)16(18)10-21-11-16/h2,4-7,14H,1,3,8-11,18H2,(H,19,20). The lowest BCUT2D eigenvalue weighted by Crippen LogP contribution is -2.54. The Balaban J connectivity index is 1.95. The second-order valence-electron chi connectivity index (χ2n) is 6.14. The maximum absolute atomic E-state index is 12.0. The molecule has 3 rings (SSSR count). The third-order valence-electron chi connectivity index (χ3n) is 4.82.